The Labute approximate surface area is 139 Å². The number of thiophene rings is 1. The van der Waals surface area contributed by atoms with Gasteiger partial charge in [0.05, 0.1) is 15.8 Å². The molecule has 114 valence electrons. The highest BCUT2D eigenvalue weighted by Crippen LogP contribution is 2.35. The van der Waals surface area contributed by atoms with Gasteiger partial charge in [0, 0.05) is 6.54 Å². The van der Waals surface area contributed by atoms with E-state index in [1.54, 1.807) is 20.9 Å². The highest BCUT2D eigenvalue weighted by molar-refractivity contribution is 7.16. The van der Waals surface area contributed by atoms with Crippen LogP contribution in [0.3, 0.4) is 0 Å². The van der Waals surface area contributed by atoms with Crippen molar-refractivity contribution in [3.63, 3.8) is 0 Å². The standard InChI is InChI=1S/C16H11N3O2S2/c17-9-10-6-8-22-15(10)18-7-5-12(14(18)20)19-11-3-1-2-4-13(11)23-16(19)21/h1-4,6,8,12H,5,7H2. The van der Waals surface area contributed by atoms with Gasteiger partial charge >= 0.3 is 4.87 Å². The number of carbonyl (C=O) groups excluding carboxylic acids is 1. The summed E-state index contributed by atoms with van der Waals surface area (Å²) in [6, 6.07) is 10.9. The predicted molar refractivity (Wildman–Crippen MR) is 91.1 cm³/mol. The topological polar surface area (TPSA) is 66.1 Å². The van der Waals surface area contributed by atoms with Crippen LogP contribution in [0, 0.1) is 11.3 Å². The largest absolute Gasteiger partial charge is 0.308 e. The van der Waals surface area contributed by atoms with Gasteiger partial charge in [-0.3, -0.25) is 14.2 Å². The van der Waals surface area contributed by atoms with Gasteiger partial charge in [-0.25, -0.2) is 0 Å². The van der Waals surface area contributed by atoms with Crippen molar-refractivity contribution in [2.75, 3.05) is 11.4 Å². The molecule has 1 aromatic carbocycles. The molecule has 1 aliphatic rings. The van der Waals surface area contributed by atoms with Crippen LogP contribution in [0.5, 0.6) is 0 Å². The highest BCUT2D eigenvalue weighted by atomic mass is 32.1. The summed E-state index contributed by atoms with van der Waals surface area (Å²) in [6.45, 7) is 0.523. The van der Waals surface area contributed by atoms with Gasteiger partial charge in [-0.2, -0.15) is 5.26 Å². The summed E-state index contributed by atoms with van der Waals surface area (Å²) in [7, 11) is 0. The first-order valence-corrected chi connectivity index (χ1v) is 8.79. The summed E-state index contributed by atoms with van der Waals surface area (Å²) in [5, 5.41) is 11.6. The molecule has 3 heterocycles. The van der Waals surface area contributed by atoms with Gasteiger partial charge in [-0.1, -0.05) is 23.5 Å². The molecule has 2 aromatic heterocycles. The van der Waals surface area contributed by atoms with Crippen LogP contribution in [0.4, 0.5) is 5.00 Å². The van der Waals surface area contributed by atoms with Crippen molar-refractivity contribution in [1.82, 2.24) is 4.57 Å². The van der Waals surface area contributed by atoms with Gasteiger partial charge in [0.1, 0.15) is 17.1 Å². The minimum absolute atomic E-state index is 0.113. The van der Waals surface area contributed by atoms with Crippen LogP contribution in [0.1, 0.15) is 18.0 Å². The summed E-state index contributed by atoms with van der Waals surface area (Å²) in [5.41, 5.74) is 1.31. The second-order valence-corrected chi connectivity index (χ2v) is 7.14. The van der Waals surface area contributed by atoms with E-state index in [1.807, 2.05) is 24.3 Å². The molecule has 1 saturated heterocycles. The fraction of sp³-hybridized carbons (Fsp3) is 0.188. The molecule has 0 spiro atoms. The Morgan fingerprint density at radius 2 is 2.04 bits per heavy atom. The first kappa shape index (κ1) is 14.2. The van der Waals surface area contributed by atoms with Crippen LogP contribution in [0.15, 0.2) is 40.5 Å². The second-order valence-electron chi connectivity index (χ2n) is 5.25. The van der Waals surface area contributed by atoms with Crippen molar-refractivity contribution in [3.8, 4) is 6.07 Å². The number of fused-ring (bicyclic) bond motifs is 1. The third-order valence-electron chi connectivity index (χ3n) is 4.02. The molecular formula is C16H11N3O2S2. The SMILES string of the molecule is N#Cc1ccsc1N1CCC(n2c(=O)sc3ccccc32)C1=O. The fourth-order valence-electron chi connectivity index (χ4n) is 2.98. The summed E-state index contributed by atoms with van der Waals surface area (Å²) in [4.78, 5) is 26.7. The quantitative estimate of drug-likeness (QED) is 0.720. The smallest absolute Gasteiger partial charge is 0.301 e. The summed E-state index contributed by atoms with van der Waals surface area (Å²) >= 11 is 2.54. The average molecular weight is 341 g/mol. The Bertz CT molecular complexity index is 1010. The molecule has 0 bridgehead atoms. The molecule has 1 atom stereocenters. The normalized spacial score (nSPS) is 17.8. The molecule has 7 heteroatoms. The van der Waals surface area contributed by atoms with Crippen LogP contribution in [0.2, 0.25) is 0 Å². The van der Waals surface area contributed by atoms with Crippen molar-refractivity contribution in [2.45, 2.75) is 12.5 Å². The maximum absolute atomic E-state index is 12.8. The zero-order valence-electron chi connectivity index (χ0n) is 11.9. The number of nitrogens with zero attached hydrogens (tertiary/aromatic N) is 3. The van der Waals surface area contributed by atoms with Crippen molar-refractivity contribution in [3.05, 3.63) is 50.9 Å². The van der Waals surface area contributed by atoms with E-state index < -0.39 is 6.04 Å². The van der Waals surface area contributed by atoms with Crippen molar-refractivity contribution in [2.24, 2.45) is 0 Å². The van der Waals surface area contributed by atoms with Crippen molar-refractivity contribution < 1.29 is 4.79 Å². The van der Waals surface area contributed by atoms with E-state index in [-0.39, 0.29) is 10.8 Å². The minimum atomic E-state index is -0.493. The van der Waals surface area contributed by atoms with Crippen molar-refractivity contribution in [1.29, 1.82) is 5.26 Å². The number of thiazole rings is 1. The van der Waals surface area contributed by atoms with E-state index in [1.165, 1.54) is 11.3 Å². The van der Waals surface area contributed by atoms with Gasteiger partial charge < -0.3 is 4.90 Å². The van der Waals surface area contributed by atoms with E-state index in [2.05, 4.69) is 6.07 Å². The fourth-order valence-corrected chi connectivity index (χ4v) is 4.79. The monoisotopic (exact) mass is 341 g/mol. The highest BCUT2D eigenvalue weighted by Gasteiger charge is 2.37. The van der Waals surface area contributed by atoms with Gasteiger partial charge in [0.2, 0.25) is 0 Å². The molecule has 1 amide bonds. The van der Waals surface area contributed by atoms with Gasteiger partial charge in [0.25, 0.3) is 5.91 Å². The maximum atomic E-state index is 12.8. The first-order valence-electron chi connectivity index (χ1n) is 7.10. The summed E-state index contributed by atoms with van der Waals surface area (Å²) < 4.78 is 2.49. The molecule has 0 radical (unpaired) electrons. The number of rotatable bonds is 2. The average Bonchev–Trinajstić information content (AvgIpc) is 3.23. The molecule has 3 aromatic rings. The lowest BCUT2D eigenvalue weighted by atomic mass is 10.2. The molecule has 23 heavy (non-hydrogen) atoms. The van der Waals surface area contributed by atoms with Crippen LogP contribution in [-0.4, -0.2) is 17.0 Å². The second kappa shape index (κ2) is 5.33. The third-order valence-corrected chi connectivity index (χ3v) is 5.89. The van der Waals surface area contributed by atoms with Gasteiger partial charge in [-0.15, -0.1) is 11.3 Å². The molecule has 0 aliphatic carbocycles. The van der Waals surface area contributed by atoms with E-state index >= 15 is 0 Å². The number of para-hydroxylation sites is 1. The lowest BCUT2D eigenvalue weighted by Gasteiger charge is -2.15. The molecular weight excluding hydrogens is 330 g/mol. The Morgan fingerprint density at radius 3 is 2.87 bits per heavy atom. The van der Waals surface area contributed by atoms with E-state index in [0.717, 1.165) is 21.6 Å². The van der Waals surface area contributed by atoms with Crippen LogP contribution >= 0.6 is 22.7 Å². The zero-order valence-corrected chi connectivity index (χ0v) is 13.6. The Morgan fingerprint density at radius 1 is 1.22 bits per heavy atom. The molecule has 0 N–H and O–H groups in total. The molecule has 4 rings (SSSR count). The molecule has 5 nitrogen and oxygen atoms in total. The number of amides is 1. The number of nitriles is 1. The third kappa shape index (κ3) is 2.11. The van der Waals surface area contributed by atoms with Gasteiger partial charge in [-0.05, 0) is 30.0 Å². The molecule has 1 fully saturated rings. The zero-order chi connectivity index (χ0) is 16.0. The first-order chi connectivity index (χ1) is 11.2. The predicted octanol–water partition coefficient (Wildman–Crippen LogP) is 2.97. The number of hydrogen-bond acceptors (Lipinski definition) is 5. The Hall–Kier alpha value is -2.43. The Kier molecular flexibility index (Phi) is 3.29. The van der Waals surface area contributed by atoms with Crippen LogP contribution < -0.4 is 9.77 Å². The molecule has 0 saturated carbocycles. The molecule has 1 aliphatic heterocycles. The van der Waals surface area contributed by atoms with Crippen LogP contribution in [-0.2, 0) is 4.79 Å². The van der Waals surface area contributed by atoms with Crippen molar-refractivity contribution >= 4 is 43.8 Å². The lowest BCUT2D eigenvalue weighted by molar-refractivity contribution is -0.119. The van der Waals surface area contributed by atoms with E-state index in [0.29, 0.717) is 23.5 Å². The molecule has 1 unspecified atom stereocenters. The Balaban J connectivity index is 1.77. The maximum Gasteiger partial charge on any atom is 0.308 e. The number of carbonyl (C=O) groups is 1. The number of aromatic nitrogens is 1. The minimum Gasteiger partial charge on any atom is -0.301 e. The number of hydrogen-bond donors (Lipinski definition) is 0. The number of anilines is 1. The summed E-state index contributed by atoms with van der Waals surface area (Å²) in [5.74, 6) is -0.116. The van der Waals surface area contributed by atoms with E-state index in [4.69, 9.17) is 5.26 Å². The lowest BCUT2D eigenvalue weighted by Crippen LogP contribution is -2.30. The van der Waals surface area contributed by atoms with Gasteiger partial charge in [0.15, 0.2) is 0 Å². The van der Waals surface area contributed by atoms with Crippen LogP contribution in [0.25, 0.3) is 10.2 Å². The summed E-state index contributed by atoms with van der Waals surface area (Å²) in [6.07, 6.45) is 0.572. The van der Waals surface area contributed by atoms with E-state index in [9.17, 15) is 9.59 Å². The number of benzene rings is 1.